The van der Waals surface area contributed by atoms with E-state index in [1.165, 1.54) is 6.26 Å². The van der Waals surface area contributed by atoms with Gasteiger partial charge in [-0.15, -0.1) is 0 Å². The molecule has 0 fully saturated rings. The number of hydrogen-bond donors (Lipinski definition) is 2. The van der Waals surface area contributed by atoms with Gasteiger partial charge in [0.15, 0.2) is 0 Å². The summed E-state index contributed by atoms with van der Waals surface area (Å²) < 4.78 is 9.32. The van der Waals surface area contributed by atoms with Crippen molar-refractivity contribution in [1.82, 2.24) is 0 Å². The van der Waals surface area contributed by atoms with E-state index in [1.54, 1.807) is 48.9 Å². The zero-order valence-electron chi connectivity index (χ0n) is 11.5. The average molecular weight is 290 g/mol. The molecule has 2 aromatic heterocycles. The minimum absolute atomic E-state index is 0.00694. The van der Waals surface area contributed by atoms with E-state index in [0.717, 1.165) is 0 Å². The van der Waals surface area contributed by atoms with E-state index in [1.807, 2.05) is 25.0 Å². The Morgan fingerprint density at radius 3 is 1.71 bits per heavy atom. The van der Waals surface area contributed by atoms with Crippen LogP contribution < -0.4 is 0 Å². The van der Waals surface area contributed by atoms with Gasteiger partial charge < -0.3 is 23.8 Å². The smallest absolute Gasteiger partial charge is 0.129 e. The topological polar surface area (TPSA) is 83.8 Å². The molecule has 0 atom stereocenters. The molecule has 0 radical (unpaired) electrons. The Morgan fingerprint density at radius 1 is 0.857 bits per heavy atom. The van der Waals surface area contributed by atoms with Crippen LogP contribution in [0.1, 0.15) is 5.76 Å². The van der Waals surface area contributed by atoms with E-state index in [-0.39, 0.29) is 6.61 Å². The largest absolute Gasteiger partial charge is 0.508 e. The first-order chi connectivity index (χ1) is 10.3. The SMILES string of the molecule is C=O.OCc1ccco1.Oc1ccccc1.c1ccoc1. The van der Waals surface area contributed by atoms with Crippen LogP contribution in [0.5, 0.6) is 5.75 Å². The predicted octanol–water partition coefficient (Wildman–Crippen LogP) is 3.26. The van der Waals surface area contributed by atoms with Crippen LogP contribution in [0.4, 0.5) is 0 Å². The van der Waals surface area contributed by atoms with Gasteiger partial charge in [-0.2, -0.15) is 0 Å². The van der Waals surface area contributed by atoms with Gasteiger partial charge >= 0.3 is 0 Å². The van der Waals surface area contributed by atoms with Gasteiger partial charge in [-0.05, 0) is 36.4 Å². The minimum atomic E-state index is -0.00694. The number of phenols is 1. The third-order valence-electron chi connectivity index (χ3n) is 1.92. The van der Waals surface area contributed by atoms with Gasteiger partial charge in [0.25, 0.3) is 0 Å². The highest BCUT2D eigenvalue weighted by atomic mass is 16.4. The Balaban J connectivity index is 0.000000273. The van der Waals surface area contributed by atoms with E-state index in [4.69, 9.17) is 19.4 Å². The van der Waals surface area contributed by atoms with Crippen LogP contribution >= 0.6 is 0 Å². The summed E-state index contributed by atoms with van der Waals surface area (Å²) in [5.74, 6) is 0.933. The molecule has 0 bridgehead atoms. The number of carbonyl (C=O) groups is 1. The number of phenolic OH excluding ortho intramolecular Hbond substituents is 1. The Kier molecular flexibility index (Phi) is 11.8. The van der Waals surface area contributed by atoms with Crippen molar-refractivity contribution in [3.8, 4) is 5.75 Å². The highest BCUT2D eigenvalue weighted by molar-refractivity contribution is 5.18. The number of aliphatic hydroxyl groups excluding tert-OH is 1. The molecule has 0 saturated carbocycles. The molecular formula is C16H18O5. The highest BCUT2D eigenvalue weighted by Crippen LogP contribution is 2.02. The van der Waals surface area contributed by atoms with Crippen molar-refractivity contribution < 1.29 is 23.8 Å². The fourth-order valence-electron chi connectivity index (χ4n) is 1.06. The van der Waals surface area contributed by atoms with Gasteiger partial charge in [0.1, 0.15) is 24.9 Å². The monoisotopic (exact) mass is 290 g/mol. The second-order valence-corrected chi connectivity index (χ2v) is 3.37. The third kappa shape index (κ3) is 10.8. The normalized spacial score (nSPS) is 8.05. The zero-order valence-corrected chi connectivity index (χ0v) is 11.5. The molecule has 0 unspecified atom stereocenters. The molecule has 0 aliphatic heterocycles. The molecule has 2 N–H and O–H groups in total. The fourth-order valence-corrected chi connectivity index (χ4v) is 1.06. The average Bonchev–Trinajstić information content (AvgIpc) is 3.27. The van der Waals surface area contributed by atoms with Crippen LogP contribution in [0, 0.1) is 0 Å². The lowest BCUT2D eigenvalue weighted by Gasteiger charge is -1.82. The van der Waals surface area contributed by atoms with Crippen molar-refractivity contribution in [3.63, 3.8) is 0 Å². The van der Waals surface area contributed by atoms with Crippen LogP contribution in [-0.4, -0.2) is 17.0 Å². The van der Waals surface area contributed by atoms with E-state index in [0.29, 0.717) is 11.5 Å². The second kappa shape index (κ2) is 13.6. The zero-order chi connectivity index (χ0) is 15.8. The summed E-state index contributed by atoms with van der Waals surface area (Å²) in [6.45, 7) is 1.99. The van der Waals surface area contributed by atoms with Crippen molar-refractivity contribution in [1.29, 1.82) is 0 Å². The van der Waals surface area contributed by atoms with Gasteiger partial charge in [-0.3, -0.25) is 0 Å². The van der Waals surface area contributed by atoms with Gasteiger partial charge in [-0.25, -0.2) is 0 Å². The first-order valence-electron chi connectivity index (χ1n) is 5.96. The molecule has 0 aliphatic rings. The lowest BCUT2D eigenvalue weighted by molar-refractivity contribution is -0.0979. The van der Waals surface area contributed by atoms with Crippen LogP contribution in [0.2, 0.25) is 0 Å². The molecular weight excluding hydrogens is 272 g/mol. The lowest BCUT2D eigenvalue weighted by atomic mass is 10.3. The molecule has 21 heavy (non-hydrogen) atoms. The van der Waals surface area contributed by atoms with E-state index in [2.05, 4.69) is 4.42 Å². The van der Waals surface area contributed by atoms with Gasteiger partial charge in [0.05, 0.1) is 18.8 Å². The molecule has 5 nitrogen and oxygen atoms in total. The highest BCUT2D eigenvalue weighted by Gasteiger charge is 1.85. The molecule has 0 amide bonds. The number of hydrogen-bond acceptors (Lipinski definition) is 5. The number of para-hydroxylation sites is 1. The van der Waals surface area contributed by atoms with Gasteiger partial charge in [0.2, 0.25) is 0 Å². The van der Waals surface area contributed by atoms with Crippen LogP contribution in [0.3, 0.4) is 0 Å². The van der Waals surface area contributed by atoms with Crippen molar-refractivity contribution in [3.05, 3.63) is 79.1 Å². The Labute approximate surface area is 123 Å². The van der Waals surface area contributed by atoms with Crippen LogP contribution in [0.15, 0.2) is 82.2 Å². The molecule has 2 heterocycles. The summed E-state index contributed by atoms with van der Waals surface area (Å²) in [4.78, 5) is 8.00. The first-order valence-corrected chi connectivity index (χ1v) is 5.96. The van der Waals surface area contributed by atoms with Crippen molar-refractivity contribution in [2.45, 2.75) is 6.61 Å². The molecule has 3 aromatic rings. The fraction of sp³-hybridized carbons (Fsp3) is 0.0625. The number of furan rings is 2. The van der Waals surface area contributed by atoms with E-state index >= 15 is 0 Å². The molecule has 0 saturated heterocycles. The quantitative estimate of drug-likeness (QED) is 0.718. The lowest BCUT2D eigenvalue weighted by Crippen LogP contribution is -1.72. The summed E-state index contributed by atoms with van der Waals surface area (Å²) >= 11 is 0. The maximum atomic E-state index is 8.63. The Hall–Kier alpha value is -2.79. The summed E-state index contributed by atoms with van der Waals surface area (Å²) in [5.41, 5.74) is 0. The summed E-state index contributed by atoms with van der Waals surface area (Å²) in [5, 5.41) is 17.0. The van der Waals surface area contributed by atoms with Crippen molar-refractivity contribution >= 4 is 6.79 Å². The molecule has 3 rings (SSSR count). The minimum Gasteiger partial charge on any atom is -0.508 e. The Morgan fingerprint density at radius 2 is 1.48 bits per heavy atom. The number of carbonyl (C=O) groups excluding carboxylic acids is 1. The summed E-state index contributed by atoms with van der Waals surface area (Å²) in [6.07, 6.45) is 4.78. The maximum absolute atomic E-state index is 8.63. The van der Waals surface area contributed by atoms with Gasteiger partial charge in [-0.1, -0.05) is 18.2 Å². The molecule has 112 valence electrons. The number of aliphatic hydroxyl groups is 1. The molecule has 5 heteroatoms. The van der Waals surface area contributed by atoms with E-state index in [9.17, 15) is 0 Å². The first kappa shape index (κ1) is 18.2. The predicted molar refractivity (Wildman–Crippen MR) is 78.6 cm³/mol. The Bertz CT molecular complexity index is 486. The van der Waals surface area contributed by atoms with Gasteiger partial charge in [0, 0.05) is 0 Å². The van der Waals surface area contributed by atoms with E-state index < -0.39 is 0 Å². The standard InChI is InChI=1S/C6H6O.C5H6O2.C4H4O.CH2O/c7-6-4-2-1-3-5-6;6-4-5-2-1-3-7-5;1-2-4-5-3-1;1-2/h1-5,7H;1-3,6H,4H2;1-4H;1H2. The number of benzene rings is 1. The molecule has 1 aromatic carbocycles. The molecule has 0 aliphatic carbocycles. The maximum Gasteiger partial charge on any atom is 0.129 e. The van der Waals surface area contributed by atoms with Crippen LogP contribution in [0.25, 0.3) is 0 Å². The number of rotatable bonds is 1. The van der Waals surface area contributed by atoms with Crippen molar-refractivity contribution in [2.24, 2.45) is 0 Å². The summed E-state index contributed by atoms with van der Waals surface area (Å²) in [7, 11) is 0. The van der Waals surface area contributed by atoms with Crippen LogP contribution in [-0.2, 0) is 11.4 Å². The third-order valence-corrected chi connectivity index (χ3v) is 1.92. The molecule has 0 spiro atoms. The number of aromatic hydroxyl groups is 1. The van der Waals surface area contributed by atoms with Crippen molar-refractivity contribution in [2.75, 3.05) is 0 Å². The second-order valence-electron chi connectivity index (χ2n) is 3.37. The summed E-state index contributed by atoms with van der Waals surface area (Å²) in [6, 6.07) is 15.8.